The maximum Gasteiger partial charge on any atom is 0.413 e. The van der Waals surface area contributed by atoms with Crippen molar-refractivity contribution in [3.63, 3.8) is 0 Å². The Balaban J connectivity index is 1.64. The van der Waals surface area contributed by atoms with Crippen LogP contribution in [0.2, 0.25) is 0 Å². The van der Waals surface area contributed by atoms with Gasteiger partial charge in [-0.2, -0.15) is 5.10 Å². The second-order valence-electron chi connectivity index (χ2n) is 8.68. The molecule has 0 aliphatic carbocycles. The van der Waals surface area contributed by atoms with Crippen molar-refractivity contribution in [2.24, 2.45) is 7.05 Å². The van der Waals surface area contributed by atoms with Crippen LogP contribution in [0.4, 0.5) is 16.3 Å². The Morgan fingerprint density at radius 3 is 2.59 bits per heavy atom. The van der Waals surface area contributed by atoms with Crippen LogP contribution in [0.15, 0.2) is 42.6 Å². The number of nitrogens with two attached hydrogens (primary N) is 1. The van der Waals surface area contributed by atoms with Crippen molar-refractivity contribution in [3.05, 3.63) is 53.9 Å². The SMILES string of the molecule is COc1c(N)cc(CCNC(=O)c2cccc(NC(=O)OC(C)(C)C)n2)cc1-c1ccn(C)n1. The molecule has 0 saturated carbocycles. The van der Waals surface area contributed by atoms with E-state index in [0.29, 0.717) is 24.4 Å². The third-order valence-corrected chi connectivity index (χ3v) is 4.68. The van der Waals surface area contributed by atoms with Crippen molar-refractivity contribution in [2.75, 3.05) is 24.7 Å². The molecule has 0 atom stereocenters. The molecule has 3 rings (SSSR count). The van der Waals surface area contributed by atoms with E-state index < -0.39 is 11.7 Å². The van der Waals surface area contributed by atoms with E-state index in [1.54, 1.807) is 50.8 Å². The van der Waals surface area contributed by atoms with E-state index in [2.05, 4.69) is 20.7 Å². The van der Waals surface area contributed by atoms with Crippen LogP contribution in [0, 0.1) is 0 Å². The average Bonchev–Trinajstić information content (AvgIpc) is 3.18. The van der Waals surface area contributed by atoms with Gasteiger partial charge in [-0.05, 0) is 63.1 Å². The number of nitrogens with one attached hydrogen (secondary N) is 2. The largest absolute Gasteiger partial charge is 0.494 e. The first-order chi connectivity index (χ1) is 16.1. The number of methoxy groups -OCH3 is 1. The van der Waals surface area contributed by atoms with Crippen LogP contribution in [-0.4, -0.2) is 46.0 Å². The van der Waals surface area contributed by atoms with E-state index in [1.165, 1.54) is 0 Å². The summed E-state index contributed by atoms with van der Waals surface area (Å²) in [5.74, 6) is 0.425. The molecule has 0 spiro atoms. The summed E-state index contributed by atoms with van der Waals surface area (Å²) >= 11 is 0. The molecule has 0 aliphatic heterocycles. The molecule has 0 radical (unpaired) electrons. The van der Waals surface area contributed by atoms with Crippen molar-refractivity contribution in [1.82, 2.24) is 20.1 Å². The minimum Gasteiger partial charge on any atom is -0.494 e. The minimum absolute atomic E-state index is 0.178. The predicted octanol–water partition coefficient (Wildman–Crippen LogP) is 3.39. The number of nitrogens with zero attached hydrogens (tertiary/aromatic N) is 3. The topological polar surface area (TPSA) is 133 Å². The fraction of sp³-hybridized carbons (Fsp3) is 0.333. The van der Waals surface area contributed by atoms with Gasteiger partial charge in [-0.1, -0.05) is 6.07 Å². The van der Waals surface area contributed by atoms with Gasteiger partial charge in [-0.3, -0.25) is 14.8 Å². The number of hydrogen-bond donors (Lipinski definition) is 3. The number of nitrogen functional groups attached to an aromatic ring is 1. The van der Waals surface area contributed by atoms with Crippen LogP contribution >= 0.6 is 0 Å². The van der Waals surface area contributed by atoms with Crippen molar-refractivity contribution in [2.45, 2.75) is 32.8 Å². The molecular formula is C24H30N6O4. The van der Waals surface area contributed by atoms with E-state index in [0.717, 1.165) is 16.8 Å². The first kappa shape index (κ1) is 24.6. The second-order valence-corrected chi connectivity index (χ2v) is 8.68. The number of amides is 2. The van der Waals surface area contributed by atoms with E-state index in [4.69, 9.17) is 15.2 Å². The van der Waals surface area contributed by atoms with Crippen molar-refractivity contribution >= 4 is 23.5 Å². The number of anilines is 2. The predicted molar refractivity (Wildman–Crippen MR) is 130 cm³/mol. The van der Waals surface area contributed by atoms with Crippen LogP contribution in [0.5, 0.6) is 5.75 Å². The van der Waals surface area contributed by atoms with Crippen LogP contribution in [0.1, 0.15) is 36.8 Å². The highest BCUT2D eigenvalue weighted by atomic mass is 16.6. The summed E-state index contributed by atoms with van der Waals surface area (Å²) < 4.78 is 12.4. The number of aromatic nitrogens is 3. The molecule has 0 saturated heterocycles. The van der Waals surface area contributed by atoms with E-state index >= 15 is 0 Å². The highest BCUT2D eigenvalue weighted by Gasteiger charge is 2.17. The summed E-state index contributed by atoms with van der Waals surface area (Å²) in [4.78, 5) is 28.7. The Morgan fingerprint density at radius 1 is 1.18 bits per heavy atom. The fourth-order valence-corrected chi connectivity index (χ4v) is 3.28. The Hall–Kier alpha value is -4.08. The van der Waals surface area contributed by atoms with Crippen LogP contribution in [0.3, 0.4) is 0 Å². The third kappa shape index (κ3) is 6.47. The zero-order valence-corrected chi connectivity index (χ0v) is 20.0. The molecule has 2 amide bonds. The molecule has 0 fully saturated rings. The van der Waals surface area contributed by atoms with Gasteiger partial charge in [0, 0.05) is 25.4 Å². The maximum atomic E-state index is 12.6. The molecule has 34 heavy (non-hydrogen) atoms. The molecule has 2 aromatic heterocycles. The molecule has 1 aromatic carbocycles. The third-order valence-electron chi connectivity index (χ3n) is 4.68. The number of rotatable bonds is 7. The number of carbonyl (C=O) groups is 2. The van der Waals surface area contributed by atoms with E-state index in [-0.39, 0.29) is 17.4 Å². The first-order valence-corrected chi connectivity index (χ1v) is 10.8. The number of ether oxygens (including phenoxy) is 2. The number of hydrogen-bond acceptors (Lipinski definition) is 7. The Labute approximate surface area is 198 Å². The lowest BCUT2D eigenvalue weighted by atomic mass is 10.0. The van der Waals surface area contributed by atoms with Gasteiger partial charge in [-0.15, -0.1) is 0 Å². The van der Waals surface area contributed by atoms with Gasteiger partial charge in [0.05, 0.1) is 18.5 Å². The van der Waals surface area contributed by atoms with Crippen molar-refractivity contribution in [3.8, 4) is 17.0 Å². The smallest absolute Gasteiger partial charge is 0.413 e. The molecular weight excluding hydrogens is 436 g/mol. The average molecular weight is 467 g/mol. The van der Waals surface area contributed by atoms with Gasteiger partial charge >= 0.3 is 6.09 Å². The quantitative estimate of drug-likeness (QED) is 0.455. The van der Waals surface area contributed by atoms with E-state index in [9.17, 15) is 9.59 Å². The Kier molecular flexibility index (Phi) is 7.40. The molecule has 4 N–H and O–H groups in total. The van der Waals surface area contributed by atoms with Crippen LogP contribution < -0.4 is 21.1 Å². The normalized spacial score (nSPS) is 11.1. The summed E-state index contributed by atoms with van der Waals surface area (Å²) in [7, 11) is 3.40. The zero-order chi connectivity index (χ0) is 24.9. The van der Waals surface area contributed by atoms with E-state index in [1.807, 2.05) is 31.4 Å². The standard InChI is InChI=1S/C24H30N6O4/c1-24(2,3)34-23(32)28-20-8-6-7-19(27-20)22(31)26-11-9-15-13-16(18-10-12-30(4)29-18)21(33-5)17(25)14-15/h6-8,10,12-14H,9,11,25H2,1-5H3,(H,26,31)(H,27,28,32). The molecule has 10 heteroatoms. The number of benzene rings is 1. The number of carbonyl (C=O) groups excluding carboxylic acids is 2. The summed E-state index contributed by atoms with van der Waals surface area (Å²) in [6.07, 6.45) is 1.74. The Bertz CT molecular complexity index is 1180. The maximum absolute atomic E-state index is 12.6. The van der Waals surface area contributed by atoms with Crippen LogP contribution in [-0.2, 0) is 18.2 Å². The molecule has 2 heterocycles. The molecule has 10 nitrogen and oxygen atoms in total. The van der Waals surface area contributed by atoms with Gasteiger partial charge in [0.2, 0.25) is 0 Å². The van der Waals surface area contributed by atoms with Gasteiger partial charge < -0.3 is 20.5 Å². The molecule has 180 valence electrons. The van der Waals surface area contributed by atoms with Gasteiger partial charge in [0.1, 0.15) is 17.1 Å². The van der Waals surface area contributed by atoms with Gasteiger partial charge in [-0.25, -0.2) is 9.78 Å². The van der Waals surface area contributed by atoms with Gasteiger partial charge in [0.25, 0.3) is 5.91 Å². The molecule has 0 aliphatic rings. The summed E-state index contributed by atoms with van der Waals surface area (Å²) in [6, 6.07) is 10.4. The fourth-order valence-electron chi connectivity index (χ4n) is 3.28. The number of aryl methyl sites for hydroxylation is 1. The summed E-state index contributed by atoms with van der Waals surface area (Å²) in [6.45, 7) is 5.65. The van der Waals surface area contributed by atoms with Crippen molar-refractivity contribution < 1.29 is 19.1 Å². The highest BCUT2D eigenvalue weighted by Crippen LogP contribution is 2.35. The van der Waals surface area contributed by atoms with Crippen molar-refractivity contribution in [1.29, 1.82) is 0 Å². The minimum atomic E-state index is -0.640. The Morgan fingerprint density at radius 2 is 1.94 bits per heavy atom. The monoisotopic (exact) mass is 466 g/mol. The highest BCUT2D eigenvalue weighted by molar-refractivity contribution is 5.93. The zero-order valence-electron chi connectivity index (χ0n) is 20.0. The number of pyridine rings is 1. The molecule has 0 unspecified atom stereocenters. The first-order valence-electron chi connectivity index (χ1n) is 10.8. The summed E-state index contributed by atoms with van der Waals surface area (Å²) in [5.41, 5.74) is 8.68. The lowest BCUT2D eigenvalue weighted by Crippen LogP contribution is -2.28. The lowest BCUT2D eigenvalue weighted by molar-refractivity contribution is 0.0634. The lowest BCUT2D eigenvalue weighted by Gasteiger charge is -2.19. The van der Waals surface area contributed by atoms with Gasteiger partial charge in [0.15, 0.2) is 5.75 Å². The summed E-state index contributed by atoms with van der Waals surface area (Å²) in [5, 5.41) is 9.80. The second kappa shape index (κ2) is 10.2. The van der Waals surface area contributed by atoms with Crippen LogP contribution in [0.25, 0.3) is 11.3 Å². The molecule has 3 aromatic rings. The molecule has 0 bridgehead atoms.